The third-order valence-corrected chi connectivity index (χ3v) is 2.98. The van der Waals surface area contributed by atoms with Crippen LogP contribution in [0.25, 0.3) is 0 Å². The van der Waals surface area contributed by atoms with Crippen molar-refractivity contribution in [3.63, 3.8) is 0 Å². The van der Waals surface area contributed by atoms with Crippen LogP contribution in [0.5, 0.6) is 0 Å². The lowest BCUT2D eigenvalue weighted by Crippen LogP contribution is -2.15. The molecule has 1 nitrogen and oxygen atoms in total. The van der Waals surface area contributed by atoms with Crippen molar-refractivity contribution in [2.75, 3.05) is 0 Å². The Morgan fingerprint density at radius 2 is 2.25 bits per heavy atom. The molecule has 0 fully saturated rings. The molecule has 68 valence electrons. The molecule has 0 N–H and O–H groups in total. The van der Waals surface area contributed by atoms with Gasteiger partial charge in [-0.1, -0.05) is 32.3 Å². The molecule has 0 aromatic carbocycles. The minimum absolute atomic E-state index is 0.188. The van der Waals surface area contributed by atoms with Gasteiger partial charge in [0.1, 0.15) is 0 Å². The molecule has 1 atom stereocenters. The molecule has 1 rings (SSSR count). The fourth-order valence-corrected chi connectivity index (χ4v) is 1.84. The number of ketones is 1. The van der Waals surface area contributed by atoms with Gasteiger partial charge in [-0.2, -0.15) is 0 Å². The zero-order valence-corrected chi connectivity index (χ0v) is 8.31. The van der Waals surface area contributed by atoms with E-state index < -0.39 is 0 Å². The monoisotopic (exact) mass is 166 g/mol. The van der Waals surface area contributed by atoms with Crippen LogP contribution in [0.2, 0.25) is 0 Å². The lowest BCUT2D eigenvalue weighted by Gasteiger charge is -2.24. The van der Waals surface area contributed by atoms with Crippen LogP contribution in [0.1, 0.15) is 46.5 Å². The second-order valence-electron chi connectivity index (χ2n) is 4.13. The summed E-state index contributed by atoms with van der Waals surface area (Å²) in [7, 11) is 0. The summed E-state index contributed by atoms with van der Waals surface area (Å²) in [5.41, 5.74) is 1.47. The lowest BCUT2D eigenvalue weighted by atomic mass is 9.79. The van der Waals surface area contributed by atoms with E-state index >= 15 is 0 Å². The van der Waals surface area contributed by atoms with E-state index in [1.807, 2.05) is 6.08 Å². The SMILES string of the molecule is CCCCC1(C)CC(=O)C=C1C. The average Bonchev–Trinajstić information content (AvgIpc) is 2.23. The van der Waals surface area contributed by atoms with Crippen LogP contribution in [0.4, 0.5) is 0 Å². The molecule has 1 aliphatic rings. The van der Waals surface area contributed by atoms with Crippen LogP contribution in [0.15, 0.2) is 11.6 Å². The van der Waals surface area contributed by atoms with E-state index in [9.17, 15) is 4.79 Å². The van der Waals surface area contributed by atoms with Crippen molar-refractivity contribution in [2.24, 2.45) is 5.41 Å². The van der Waals surface area contributed by atoms with Gasteiger partial charge in [-0.3, -0.25) is 4.79 Å². The Labute approximate surface area is 74.9 Å². The highest BCUT2D eigenvalue weighted by molar-refractivity contribution is 5.94. The first-order valence-electron chi connectivity index (χ1n) is 4.80. The molecule has 0 spiro atoms. The van der Waals surface area contributed by atoms with E-state index in [1.165, 1.54) is 18.4 Å². The van der Waals surface area contributed by atoms with Gasteiger partial charge in [0.15, 0.2) is 5.78 Å². The first-order chi connectivity index (χ1) is 5.58. The first-order valence-corrected chi connectivity index (χ1v) is 4.80. The molecule has 0 aromatic heterocycles. The maximum absolute atomic E-state index is 11.2. The number of rotatable bonds is 3. The number of unbranched alkanes of at least 4 members (excludes halogenated alkanes) is 1. The van der Waals surface area contributed by atoms with Gasteiger partial charge in [-0.15, -0.1) is 0 Å². The number of carbonyl (C=O) groups excluding carboxylic acids is 1. The average molecular weight is 166 g/mol. The minimum Gasteiger partial charge on any atom is -0.295 e. The third kappa shape index (κ3) is 1.77. The van der Waals surface area contributed by atoms with Gasteiger partial charge in [0, 0.05) is 6.42 Å². The third-order valence-electron chi connectivity index (χ3n) is 2.98. The normalized spacial score (nSPS) is 29.2. The number of allylic oxidation sites excluding steroid dienone is 2. The fourth-order valence-electron chi connectivity index (χ4n) is 1.84. The van der Waals surface area contributed by atoms with Crippen LogP contribution < -0.4 is 0 Å². The molecule has 0 bridgehead atoms. The highest BCUT2D eigenvalue weighted by Gasteiger charge is 2.33. The molecule has 0 saturated heterocycles. The molecule has 0 aromatic rings. The minimum atomic E-state index is 0.188. The predicted octanol–water partition coefficient (Wildman–Crippen LogP) is 3.10. The molecule has 1 unspecified atom stereocenters. The summed E-state index contributed by atoms with van der Waals surface area (Å²) in [5.74, 6) is 0.311. The molecule has 0 amide bonds. The molecule has 1 aliphatic carbocycles. The van der Waals surface area contributed by atoms with Crippen LogP contribution in [-0.2, 0) is 4.79 Å². The van der Waals surface area contributed by atoms with Crippen LogP contribution in [0.3, 0.4) is 0 Å². The molecule has 12 heavy (non-hydrogen) atoms. The van der Waals surface area contributed by atoms with Gasteiger partial charge < -0.3 is 0 Å². The van der Waals surface area contributed by atoms with Gasteiger partial charge in [0.25, 0.3) is 0 Å². The summed E-state index contributed by atoms with van der Waals surface area (Å²) in [5, 5.41) is 0. The van der Waals surface area contributed by atoms with E-state index in [0.29, 0.717) is 5.78 Å². The first kappa shape index (κ1) is 9.50. The number of carbonyl (C=O) groups is 1. The van der Waals surface area contributed by atoms with E-state index in [1.54, 1.807) is 0 Å². The predicted molar refractivity (Wildman–Crippen MR) is 51.0 cm³/mol. The van der Waals surface area contributed by atoms with Crippen molar-refractivity contribution >= 4 is 5.78 Å². The molecule has 1 heteroatoms. The Kier molecular flexibility index (Phi) is 2.71. The Morgan fingerprint density at radius 3 is 2.67 bits per heavy atom. The lowest BCUT2D eigenvalue weighted by molar-refractivity contribution is -0.115. The Balaban J connectivity index is 2.61. The second kappa shape index (κ2) is 3.42. The molecule has 0 saturated carbocycles. The second-order valence-corrected chi connectivity index (χ2v) is 4.13. The van der Waals surface area contributed by atoms with Crippen molar-refractivity contribution in [3.05, 3.63) is 11.6 Å². The van der Waals surface area contributed by atoms with E-state index in [0.717, 1.165) is 12.8 Å². The highest BCUT2D eigenvalue weighted by Crippen LogP contribution is 2.40. The number of hydrogen-bond donors (Lipinski definition) is 0. The zero-order valence-electron chi connectivity index (χ0n) is 8.31. The number of hydrogen-bond acceptors (Lipinski definition) is 1. The van der Waals surface area contributed by atoms with Crippen molar-refractivity contribution in [1.82, 2.24) is 0 Å². The summed E-state index contributed by atoms with van der Waals surface area (Å²) in [6, 6.07) is 0. The Morgan fingerprint density at radius 1 is 1.58 bits per heavy atom. The molecule has 0 radical (unpaired) electrons. The molecular formula is C11H18O. The van der Waals surface area contributed by atoms with E-state index in [2.05, 4.69) is 20.8 Å². The highest BCUT2D eigenvalue weighted by atomic mass is 16.1. The van der Waals surface area contributed by atoms with Crippen molar-refractivity contribution < 1.29 is 4.79 Å². The van der Waals surface area contributed by atoms with E-state index in [-0.39, 0.29) is 5.41 Å². The molecule has 0 heterocycles. The standard InChI is InChI=1S/C11H18O/c1-4-5-6-11(3)8-10(12)7-9(11)2/h7H,4-6,8H2,1-3H3. The maximum Gasteiger partial charge on any atom is 0.156 e. The van der Waals surface area contributed by atoms with Gasteiger partial charge in [-0.25, -0.2) is 0 Å². The Hall–Kier alpha value is -0.590. The van der Waals surface area contributed by atoms with Crippen molar-refractivity contribution in [2.45, 2.75) is 46.5 Å². The van der Waals surface area contributed by atoms with Gasteiger partial charge in [0.05, 0.1) is 0 Å². The van der Waals surface area contributed by atoms with Gasteiger partial charge in [-0.05, 0) is 24.8 Å². The van der Waals surface area contributed by atoms with Gasteiger partial charge >= 0.3 is 0 Å². The van der Waals surface area contributed by atoms with Crippen LogP contribution >= 0.6 is 0 Å². The fraction of sp³-hybridized carbons (Fsp3) is 0.727. The van der Waals surface area contributed by atoms with Crippen LogP contribution in [0, 0.1) is 5.41 Å². The quantitative estimate of drug-likeness (QED) is 0.629. The van der Waals surface area contributed by atoms with Crippen molar-refractivity contribution in [1.29, 1.82) is 0 Å². The van der Waals surface area contributed by atoms with Gasteiger partial charge in [0.2, 0.25) is 0 Å². The largest absolute Gasteiger partial charge is 0.295 e. The summed E-state index contributed by atoms with van der Waals surface area (Å²) in [6.07, 6.45) is 6.16. The molecule has 0 aliphatic heterocycles. The molecular weight excluding hydrogens is 148 g/mol. The smallest absolute Gasteiger partial charge is 0.156 e. The summed E-state index contributed by atoms with van der Waals surface area (Å²) in [6.45, 7) is 6.49. The maximum atomic E-state index is 11.2. The summed E-state index contributed by atoms with van der Waals surface area (Å²) < 4.78 is 0. The zero-order chi connectivity index (χ0) is 9.19. The van der Waals surface area contributed by atoms with Crippen LogP contribution in [-0.4, -0.2) is 5.78 Å². The van der Waals surface area contributed by atoms with E-state index in [4.69, 9.17) is 0 Å². The van der Waals surface area contributed by atoms with Crippen molar-refractivity contribution in [3.8, 4) is 0 Å². The topological polar surface area (TPSA) is 17.1 Å². The Bertz CT molecular complexity index is 215. The summed E-state index contributed by atoms with van der Waals surface area (Å²) in [4.78, 5) is 11.2. The summed E-state index contributed by atoms with van der Waals surface area (Å²) >= 11 is 0.